The highest BCUT2D eigenvalue weighted by molar-refractivity contribution is 6.14. The normalized spacial score (nSPS) is 35.3. The number of furan rings is 1. The summed E-state index contributed by atoms with van der Waals surface area (Å²) < 4.78 is 22.8. The zero-order valence-corrected chi connectivity index (χ0v) is 18.8. The summed E-state index contributed by atoms with van der Waals surface area (Å²) in [5.41, 5.74) is -0.0176. The van der Waals surface area contributed by atoms with Crippen molar-refractivity contribution in [3.63, 3.8) is 0 Å². The van der Waals surface area contributed by atoms with Crippen molar-refractivity contribution in [3.8, 4) is 0 Å². The summed E-state index contributed by atoms with van der Waals surface area (Å²) in [4.78, 5) is 51.7. The number of fused-ring (bicyclic) bond motifs is 3. The second-order valence-electron chi connectivity index (χ2n) is 9.68. The minimum absolute atomic E-state index is 0.0646. The molecule has 0 spiro atoms. The van der Waals surface area contributed by atoms with Crippen LogP contribution >= 0.6 is 0 Å². The Morgan fingerprint density at radius 1 is 1.22 bits per heavy atom. The average Bonchev–Trinajstić information content (AvgIpc) is 3.21. The quantitative estimate of drug-likeness (QED) is 0.658. The number of hydrogen-bond donors (Lipinski definition) is 0. The molecule has 1 unspecified atom stereocenters. The van der Waals surface area contributed by atoms with Crippen molar-refractivity contribution < 1.29 is 37.8 Å². The van der Waals surface area contributed by atoms with Gasteiger partial charge in [0.2, 0.25) is 5.78 Å². The maximum Gasteiger partial charge on any atom is 0.342 e. The van der Waals surface area contributed by atoms with Gasteiger partial charge in [-0.25, -0.2) is 4.79 Å². The number of carbonyl (C=O) groups excluding carboxylic acids is 4. The van der Waals surface area contributed by atoms with E-state index in [9.17, 15) is 19.2 Å². The lowest BCUT2D eigenvalue weighted by Crippen LogP contribution is -2.57. The Morgan fingerprint density at radius 3 is 2.59 bits per heavy atom. The Hall–Kier alpha value is -2.74. The van der Waals surface area contributed by atoms with Crippen LogP contribution in [0.5, 0.6) is 0 Å². The molecule has 0 bridgehead atoms. The first kappa shape index (κ1) is 21.1. The van der Waals surface area contributed by atoms with Crippen molar-refractivity contribution in [2.75, 3.05) is 13.7 Å². The summed E-state index contributed by atoms with van der Waals surface area (Å²) in [6.07, 6.45) is -0.361. The van der Waals surface area contributed by atoms with Crippen molar-refractivity contribution >= 4 is 23.5 Å². The molecule has 1 aromatic rings. The van der Waals surface area contributed by atoms with Crippen LogP contribution in [0, 0.1) is 18.3 Å². The predicted octanol–water partition coefficient (Wildman–Crippen LogP) is 2.84. The Kier molecular flexibility index (Phi) is 4.38. The van der Waals surface area contributed by atoms with Crippen LogP contribution < -0.4 is 0 Å². The lowest BCUT2D eigenvalue weighted by molar-refractivity contribution is -0.149. The SMILES string of the molecule is COC[C@H]1OC(=O)c2c(C)oc3c2[C@@]1(C)C1=C(C3=O)C2CCC(=O)[C@@]2(C)C[C@H]1OC(C)=O. The van der Waals surface area contributed by atoms with Crippen molar-refractivity contribution in [2.24, 2.45) is 11.3 Å². The van der Waals surface area contributed by atoms with E-state index in [-0.39, 0.29) is 41.8 Å². The van der Waals surface area contributed by atoms with Gasteiger partial charge in [0.25, 0.3) is 0 Å². The lowest BCUT2D eigenvalue weighted by Gasteiger charge is -2.51. The first-order chi connectivity index (χ1) is 15.1. The van der Waals surface area contributed by atoms with E-state index in [4.69, 9.17) is 18.6 Å². The van der Waals surface area contributed by atoms with Gasteiger partial charge in [0, 0.05) is 49.3 Å². The Morgan fingerprint density at radius 2 is 1.94 bits per heavy atom. The third-order valence-corrected chi connectivity index (χ3v) is 7.97. The fourth-order valence-electron chi connectivity index (χ4n) is 6.53. The third kappa shape index (κ3) is 2.41. The minimum Gasteiger partial charge on any atom is -0.458 e. The van der Waals surface area contributed by atoms with Crippen LogP contribution in [0.1, 0.15) is 72.3 Å². The number of Topliss-reactive ketones (excluding diaryl/α,β-unsaturated/α-hetero) is 2. The maximum absolute atomic E-state index is 13.9. The molecule has 1 saturated carbocycles. The minimum atomic E-state index is -0.997. The summed E-state index contributed by atoms with van der Waals surface area (Å²) >= 11 is 0. The molecule has 0 radical (unpaired) electrons. The van der Waals surface area contributed by atoms with Crippen LogP contribution in [0.25, 0.3) is 0 Å². The van der Waals surface area contributed by atoms with Gasteiger partial charge in [0.05, 0.1) is 12.0 Å². The van der Waals surface area contributed by atoms with Crippen molar-refractivity contribution in [3.05, 3.63) is 33.8 Å². The second kappa shape index (κ2) is 6.63. The number of hydrogen-bond acceptors (Lipinski definition) is 8. The van der Waals surface area contributed by atoms with Gasteiger partial charge in [-0.15, -0.1) is 0 Å². The molecule has 1 fully saturated rings. The van der Waals surface area contributed by atoms with E-state index in [1.165, 1.54) is 14.0 Å². The highest BCUT2D eigenvalue weighted by Gasteiger charge is 2.64. The van der Waals surface area contributed by atoms with E-state index < -0.39 is 35.0 Å². The van der Waals surface area contributed by atoms with Crippen molar-refractivity contribution in [1.29, 1.82) is 0 Å². The highest BCUT2D eigenvalue weighted by Crippen LogP contribution is 2.61. The van der Waals surface area contributed by atoms with Crippen molar-refractivity contribution in [2.45, 2.75) is 64.6 Å². The summed E-state index contributed by atoms with van der Waals surface area (Å²) in [5, 5.41) is 0. The monoisotopic (exact) mass is 442 g/mol. The number of carbonyl (C=O) groups is 4. The van der Waals surface area contributed by atoms with E-state index in [2.05, 4.69) is 0 Å². The number of aryl methyl sites for hydroxylation is 1. The van der Waals surface area contributed by atoms with Crippen LogP contribution in [-0.2, 0) is 29.2 Å². The summed E-state index contributed by atoms with van der Waals surface area (Å²) in [7, 11) is 1.51. The molecule has 8 nitrogen and oxygen atoms in total. The molecule has 2 heterocycles. The molecule has 4 aliphatic rings. The van der Waals surface area contributed by atoms with Gasteiger partial charge < -0.3 is 18.6 Å². The summed E-state index contributed by atoms with van der Waals surface area (Å²) in [6, 6.07) is 0. The number of allylic oxidation sites excluding steroid dienone is 1. The molecule has 0 amide bonds. The molecular weight excluding hydrogens is 416 g/mol. The average molecular weight is 442 g/mol. The molecule has 170 valence electrons. The number of esters is 2. The molecule has 3 aliphatic carbocycles. The maximum atomic E-state index is 13.9. The van der Waals surface area contributed by atoms with Gasteiger partial charge in [-0.1, -0.05) is 6.92 Å². The van der Waals surface area contributed by atoms with E-state index in [1.54, 1.807) is 6.92 Å². The van der Waals surface area contributed by atoms with E-state index >= 15 is 0 Å². The van der Waals surface area contributed by atoms with Crippen LogP contribution in [0.4, 0.5) is 0 Å². The van der Waals surface area contributed by atoms with Gasteiger partial charge in [-0.2, -0.15) is 0 Å². The Balaban J connectivity index is 1.84. The Bertz CT molecular complexity index is 1120. The summed E-state index contributed by atoms with van der Waals surface area (Å²) in [5.74, 6) is -1.24. The van der Waals surface area contributed by atoms with Crippen LogP contribution in [0.3, 0.4) is 0 Å². The zero-order valence-electron chi connectivity index (χ0n) is 18.8. The molecule has 5 atom stereocenters. The Labute approximate surface area is 185 Å². The molecule has 0 N–H and O–H groups in total. The van der Waals surface area contributed by atoms with Crippen LogP contribution in [0.2, 0.25) is 0 Å². The molecule has 5 rings (SSSR count). The van der Waals surface area contributed by atoms with E-state index in [1.807, 2.05) is 13.8 Å². The predicted molar refractivity (Wildman–Crippen MR) is 109 cm³/mol. The number of ketones is 2. The first-order valence-corrected chi connectivity index (χ1v) is 10.9. The number of rotatable bonds is 3. The zero-order chi connectivity index (χ0) is 23.2. The largest absolute Gasteiger partial charge is 0.458 e. The van der Waals surface area contributed by atoms with Gasteiger partial charge in [0.15, 0.2) is 5.76 Å². The molecule has 1 aliphatic heterocycles. The number of cyclic esters (lactones) is 1. The highest BCUT2D eigenvalue weighted by atomic mass is 16.6. The lowest BCUT2D eigenvalue weighted by atomic mass is 9.54. The number of methoxy groups -OCH3 is 1. The second-order valence-corrected chi connectivity index (χ2v) is 9.68. The van der Waals surface area contributed by atoms with Gasteiger partial charge in [0.1, 0.15) is 29.3 Å². The first-order valence-electron chi connectivity index (χ1n) is 10.9. The molecule has 0 aromatic carbocycles. The fraction of sp³-hybridized carbons (Fsp3) is 0.583. The molecule has 0 saturated heterocycles. The van der Waals surface area contributed by atoms with Crippen LogP contribution in [-0.4, -0.2) is 49.4 Å². The van der Waals surface area contributed by atoms with E-state index in [0.717, 1.165) is 0 Å². The topological polar surface area (TPSA) is 109 Å². The molecule has 32 heavy (non-hydrogen) atoms. The summed E-state index contributed by atoms with van der Waals surface area (Å²) in [6.45, 7) is 6.77. The standard InChI is InChI=1S/C24H26O8/c1-10-16-19-21(30-10)20(27)17-12-6-7-14(26)23(12,3)8-13(31-11(2)25)18(17)24(19,4)15(9-29-5)32-22(16)28/h12-13,15H,6-9H2,1-5H3/t12?,13-,15-,23+,24-/m1/s1. The van der Waals surface area contributed by atoms with Crippen LogP contribution in [0.15, 0.2) is 15.6 Å². The fourth-order valence-corrected chi connectivity index (χ4v) is 6.53. The molecule has 1 aromatic heterocycles. The smallest absolute Gasteiger partial charge is 0.342 e. The third-order valence-electron chi connectivity index (χ3n) is 7.97. The van der Waals surface area contributed by atoms with Gasteiger partial charge in [-0.3, -0.25) is 14.4 Å². The van der Waals surface area contributed by atoms with Crippen molar-refractivity contribution in [1.82, 2.24) is 0 Å². The number of ether oxygens (including phenoxy) is 3. The van der Waals surface area contributed by atoms with Gasteiger partial charge in [-0.05, 0) is 25.8 Å². The van der Waals surface area contributed by atoms with E-state index in [0.29, 0.717) is 35.3 Å². The van der Waals surface area contributed by atoms with Gasteiger partial charge >= 0.3 is 11.9 Å². The molecular formula is C24H26O8. The molecule has 8 heteroatoms.